The van der Waals surface area contributed by atoms with Gasteiger partial charge >= 0.3 is 5.97 Å². The van der Waals surface area contributed by atoms with Gasteiger partial charge in [-0.3, -0.25) is 9.89 Å². The van der Waals surface area contributed by atoms with Crippen LogP contribution in [0.3, 0.4) is 0 Å². The van der Waals surface area contributed by atoms with E-state index in [4.69, 9.17) is 9.73 Å². The zero-order valence-corrected chi connectivity index (χ0v) is 19.0. The van der Waals surface area contributed by atoms with Crippen molar-refractivity contribution in [3.05, 3.63) is 107 Å². The lowest BCUT2D eigenvalue weighted by molar-refractivity contribution is 0.0215. The summed E-state index contributed by atoms with van der Waals surface area (Å²) in [5.41, 5.74) is 4.27. The van der Waals surface area contributed by atoms with E-state index in [9.17, 15) is 4.79 Å². The highest BCUT2D eigenvalue weighted by atomic mass is 16.5. The van der Waals surface area contributed by atoms with E-state index in [-0.39, 0.29) is 17.9 Å². The van der Waals surface area contributed by atoms with Crippen molar-refractivity contribution in [2.24, 2.45) is 10.9 Å². The summed E-state index contributed by atoms with van der Waals surface area (Å²) >= 11 is 0. The zero-order valence-electron chi connectivity index (χ0n) is 19.0. The molecule has 3 aromatic rings. The van der Waals surface area contributed by atoms with Crippen molar-refractivity contribution < 1.29 is 9.53 Å². The lowest BCUT2D eigenvalue weighted by atomic mass is 9.71. The number of aliphatic imine (C=N–C) groups is 1. The fraction of sp³-hybridized carbons (Fsp3) is 0.310. The molecule has 0 saturated carbocycles. The van der Waals surface area contributed by atoms with Crippen LogP contribution in [-0.4, -0.2) is 49.4 Å². The molecule has 4 heteroatoms. The molecule has 33 heavy (non-hydrogen) atoms. The summed E-state index contributed by atoms with van der Waals surface area (Å²) in [5.74, 6) is 0.560. The molecule has 6 rings (SSSR count). The molecule has 0 unspecified atom stereocenters. The molecular weight excluding hydrogens is 408 g/mol. The summed E-state index contributed by atoms with van der Waals surface area (Å²) < 4.78 is 4.81. The van der Waals surface area contributed by atoms with Crippen LogP contribution in [-0.2, 0) is 4.74 Å². The maximum atomic E-state index is 11.7. The summed E-state index contributed by atoms with van der Waals surface area (Å²) in [6, 6.07) is 29.8. The summed E-state index contributed by atoms with van der Waals surface area (Å²) in [6.07, 6.45) is 4.40. The van der Waals surface area contributed by atoms with Gasteiger partial charge in [-0.1, -0.05) is 72.8 Å². The van der Waals surface area contributed by atoms with Gasteiger partial charge in [-0.05, 0) is 60.7 Å². The Hall–Kier alpha value is -3.24. The number of methoxy groups -OCH3 is 1. The number of hydrogen-bond donors (Lipinski definition) is 0. The molecule has 3 aliphatic rings. The number of rotatable bonds is 6. The highest BCUT2D eigenvalue weighted by Crippen LogP contribution is 2.43. The number of hydrogen-bond acceptors (Lipinski definition) is 4. The van der Waals surface area contributed by atoms with Crippen molar-refractivity contribution in [3.63, 3.8) is 0 Å². The van der Waals surface area contributed by atoms with Gasteiger partial charge in [-0.25, -0.2) is 4.79 Å². The normalized spacial score (nSPS) is 24.3. The van der Waals surface area contributed by atoms with Crippen molar-refractivity contribution in [2.75, 3.05) is 20.2 Å². The Morgan fingerprint density at radius 3 is 2.03 bits per heavy atom. The Kier molecular flexibility index (Phi) is 6.36. The second kappa shape index (κ2) is 9.72. The molecule has 0 aromatic heterocycles. The van der Waals surface area contributed by atoms with Gasteiger partial charge in [-0.15, -0.1) is 0 Å². The quantitative estimate of drug-likeness (QED) is 0.393. The number of benzene rings is 3. The second-order valence-corrected chi connectivity index (χ2v) is 9.05. The first-order valence-corrected chi connectivity index (χ1v) is 11.8. The average Bonchev–Trinajstić information content (AvgIpc) is 2.90. The zero-order chi connectivity index (χ0) is 22.6. The first-order chi connectivity index (χ1) is 16.2. The van der Waals surface area contributed by atoms with Crippen molar-refractivity contribution in [1.82, 2.24) is 4.90 Å². The van der Waals surface area contributed by atoms with Crippen LogP contribution in [0.4, 0.5) is 0 Å². The van der Waals surface area contributed by atoms with Gasteiger partial charge in [0.25, 0.3) is 0 Å². The minimum atomic E-state index is -0.315. The van der Waals surface area contributed by atoms with E-state index in [0.717, 1.165) is 18.7 Å². The summed E-state index contributed by atoms with van der Waals surface area (Å²) in [4.78, 5) is 19.6. The molecular formula is C29H30N2O2. The van der Waals surface area contributed by atoms with Gasteiger partial charge in [-0.2, -0.15) is 0 Å². The third kappa shape index (κ3) is 4.49. The minimum Gasteiger partial charge on any atom is -0.465 e. The van der Waals surface area contributed by atoms with Crippen LogP contribution in [0.5, 0.6) is 0 Å². The molecule has 3 fully saturated rings. The van der Waals surface area contributed by atoms with E-state index in [1.54, 1.807) is 12.1 Å². The number of carbonyl (C=O) groups is 1. The molecule has 0 N–H and O–H groups in total. The lowest BCUT2D eigenvalue weighted by Gasteiger charge is -2.52. The van der Waals surface area contributed by atoms with Gasteiger partial charge in [0.2, 0.25) is 0 Å². The standard InChI is InChI=1S/C29H30N2O2/c1-33-29(32)25-14-12-21(13-15-25)20-30-27-24-16-18-31(19-17-24)28(27)26(22-8-4-2-5-9-22)23-10-6-3-7-11-23/h2-15,20,24,26-28H,16-19H2,1H3/t27-,28-/m1/s1. The fourth-order valence-corrected chi connectivity index (χ4v) is 5.57. The molecule has 168 valence electrons. The number of nitrogens with zero attached hydrogens (tertiary/aromatic N) is 2. The SMILES string of the molecule is COC(=O)c1ccc(C=N[C@@H]2C3CCN(CC3)[C@@H]2C(c2ccccc2)c2ccccc2)cc1. The third-order valence-corrected chi connectivity index (χ3v) is 7.22. The Morgan fingerprint density at radius 2 is 1.48 bits per heavy atom. The molecule has 3 aliphatic heterocycles. The maximum Gasteiger partial charge on any atom is 0.337 e. The molecule has 3 heterocycles. The van der Waals surface area contributed by atoms with E-state index in [2.05, 4.69) is 65.6 Å². The Labute approximate surface area is 195 Å². The van der Waals surface area contributed by atoms with E-state index in [0.29, 0.717) is 17.5 Å². The molecule has 0 amide bonds. The van der Waals surface area contributed by atoms with E-state index in [1.165, 1.54) is 31.1 Å². The Balaban J connectivity index is 1.49. The fourth-order valence-electron chi connectivity index (χ4n) is 5.57. The Bertz CT molecular complexity index is 1050. The van der Waals surface area contributed by atoms with Crippen LogP contribution < -0.4 is 0 Å². The molecule has 2 bridgehead atoms. The second-order valence-electron chi connectivity index (χ2n) is 9.05. The number of esters is 1. The van der Waals surface area contributed by atoms with Crippen LogP contribution in [0.15, 0.2) is 89.9 Å². The number of piperidine rings is 3. The van der Waals surface area contributed by atoms with Crippen LogP contribution in [0, 0.1) is 5.92 Å². The van der Waals surface area contributed by atoms with Gasteiger partial charge in [0.05, 0.1) is 18.7 Å². The highest BCUT2D eigenvalue weighted by molar-refractivity contribution is 5.90. The van der Waals surface area contributed by atoms with Crippen molar-refractivity contribution in [3.8, 4) is 0 Å². The molecule has 3 aromatic carbocycles. The lowest BCUT2D eigenvalue weighted by Crippen LogP contribution is -2.59. The van der Waals surface area contributed by atoms with Gasteiger partial charge in [0, 0.05) is 18.2 Å². The van der Waals surface area contributed by atoms with Crippen LogP contribution in [0.1, 0.15) is 45.8 Å². The Morgan fingerprint density at radius 1 is 0.909 bits per heavy atom. The summed E-state index contributed by atoms with van der Waals surface area (Å²) in [7, 11) is 1.40. The minimum absolute atomic E-state index is 0.234. The molecule has 0 radical (unpaired) electrons. The average molecular weight is 439 g/mol. The number of ether oxygens (including phenoxy) is 1. The first-order valence-electron chi connectivity index (χ1n) is 11.8. The van der Waals surface area contributed by atoms with Crippen molar-refractivity contribution in [2.45, 2.75) is 30.8 Å². The predicted octanol–water partition coefficient (Wildman–Crippen LogP) is 5.19. The molecule has 0 aliphatic carbocycles. The van der Waals surface area contributed by atoms with E-state index < -0.39 is 0 Å². The van der Waals surface area contributed by atoms with Crippen LogP contribution in [0.2, 0.25) is 0 Å². The molecule has 2 atom stereocenters. The van der Waals surface area contributed by atoms with E-state index >= 15 is 0 Å². The largest absolute Gasteiger partial charge is 0.465 e. The van der Waals surface area contributed by atoms with Crippen molar-refractivity contribution in [1.29, 1.82) is 0 Å². The molecule has 0 spiro atoms. The summed E-state index contributed by atoms with van der Waals surface area (Å²) in [6.45, 7) is 2.29. The highest BCUT2D eigenvalue weighted by Gasteiger charge is 2.46. The van der Waals surface area contributed by atoms with Gasteiger partial charge in [0.1, 0.15) is 0 Å². The number of carbonyl (C=O) groups excluding carboxylic acids is 1. The monoisotopic (exact) mass is 438 g/mol. The first kappa shape index (κ1) is 21.6. The molecule has 4 nitrogen and oxygen atoms in total. The van der Waals surface area contributed by atoms with Crippen LogP contribution >= 0.6 is 0 Å². The maximum absolute atomic E-state index is 11.7. The topological polar surface area (TPSA) is 41.9 Å². The van der Waals surface area contributed by atoms with Gasteiger partial charge < -0.3 is 4.74 Å². The third-order valence-electron chi connectivity index (χ3n) is 7.22. The van der Waals surface area contributed by atoms with Crippen molar-refractivity contribution >= 4 is 12.2 Å². The number of fused-ring (bicyclic) bond motifs is 3. The molecule has 3 saturated heterocycles. The predicted molar refractivity (Wildman–Crippen MR) is 132 cm³/mol. The van der Waals surface area contributed by atoms with Gasteiger partial charge in [0.15, 0.2) is 0 Å². The summed E-state index contributed by atoms with van der Waals surface area (Å²) in [5, 5.41) is 0. The smallest absolute Gasteiger partial charge is 0.337 e. The van der Waals surface area contributed by atoms with E-state index in [1.807, 2.05) is 18.3 Å². The van der Waals surface area contributed by atoms with Crippen LogP contribution in [0.25, 0.3) is 0 Å².